The number of carbonyl (C=O) groups excluding carboxylic acids is 1. The fourth-order valence-electron chi connectivity index (χ4n) is 3.16. The first kappa shape index (κ1) is 19.6. The Bertz CT molecular complexity index is 606. The third kappa shape index (κ3) is 5.66. The molecular formula is C19H29N3O2S. The summed E-state index contributed by atoms with van der Waals surface area (Å²) in [5.74, 6) is 5.25. The summed E-state index contributed by atoms with van der Waals surface area (Å²) in [6.45, 7) is 9.29. The van der Waals surface area contributed by atoms with Crippen LogP contribution < -0.4 is 5.84 Å². The molecule has 0 atom stereocenters. The normalized spacial score (nSPS) is 22.1. The maximum absolute atomic E-state index is 11.9. The van der Waals surface area contributed by atoms with Crippen LogP contribution in [0.4, 0.5) is 4.79 Å². The number of rotatable bonds is 0. The Hall–Kier alpha value is -1.69. The van der Waals surface area contributed by atoms with E-state index in [-0.39, 0.29) is 11.5 Å². The molecule has 1 spiro atoms. The molecule has 6 heteroatoms. The van der Waals surface area contributed by atoms with E-state index in [2.05, 4.69) is 24.7 Å². The van der Waals surface area contributed by atoms with Crippen LogP contribution in [0.3, 0.4) is 0 Å². The van der Waals surface area contributed by atoms with E-state index in [1.807, 2.05) is 45.0 Å². The summed E-state index contributed by atoms with van der Waals surface area (Å²) < 4.78 is 5.37. The van der Waals surface area contributed by atoms with E-state index in [0.29, 0.717) is 0 Å². The van der Waals surface area contributed by atoms with E-state index < -0.39 is 5.60 Å². The number of ether oxygens (including phenoxy) is 1. The summed E-state index contributed by atoms with van der Waals surface area (Å²) in [6.07, 6.45) is 2.70. The molecule has 1 aromatic carbocycles. The highest BCUT2D eigenvalue weighted by Crippen LogP contribution is 2.46. The van der Waals surface area contributed by atoms with Crippen molar-refractivity contribution in [3.05, 3.63) is 29.8 Å². The molecule has 3 rings (SSSR count). The van der Waals surface area contributed by atoms with Crippen LogP contribution >= 0.6 is 12.6 Å². The number of nitrogens with zero attached hydrogens (tertiary/aromatic N) is 2. The number of likely N-dealkylation sites (tertiary alicyclic amines) is 1. The van der Waals surface area contributed by atoms with Crippen molar-refractivity contribution in [2.45, 2.75) is 57.5 Å². The standard InChI is InChI=1S/C12H21N3O2.C7H8S/c1-11(2,3)17-10(16)15-5-4-12(8-15)6-9(7-12)14-13;1-6-2-4-7(8)5-3-6/h4-8,13H2,1-3H3;2-5,8H,1H3. The molecule has 2 N–H and O–H groups in total. The van der Waals surface area contributed by atoms with Crippen LogP contribution in [0.2, 0.25) is 0 Å². The smallest absolute Gasteiger partial charge is 0.410 e. The summed E-state index contributed by atoms with van der Waals surface area (Å²) in [5, 5.41) is 3.72. The van der Waals surface area contributed by atoms with E-state index in [4.69, 9.17) is 10.6 Å². The van der Waals surface area contributed by atoms with Crippen molar-refractivity contribution in [2.75, 3.05) is 13.1 Å². The molecule has 0 unspecified atom stereocenters. The van der Waals surface area contributed by atoms with Gasteiger partial charge >= 0.3 is 6.09 Å². The number of hydrazone groups is 1. The lowest BCUT2D eigenvalue weighted by Crippen LogP contribution is -2.42. The third-order valence-corrected chi connectivity index (χ3v) is 4.76. The van der Waals surface area contributed by atoms with Gasteiger partial charge in [0.15, 0.2) is 0 Å². The number of hydrogen-bond acceptors (Lipinski definition) is 5. The first-order valence-corrected chi connectivity index (χ1v) is 9.06. The molecule has 25 heavy (non-hydrogen) atoms. The van der Waals surface area contributed by atoms with Gasteiger partial charge in [-0.1, -0.05) is 17.7 Å². The van der Waals surface area contributed by atoms with Crippen LogP contribution in [-0.2, 0) is 4.74 Å². The Morgan fingerprint density at radius 1 is 1.28 bits per heavy atom. The van der Waals surface area contributed by atoms with Crippen molar-refractivity contribution >= 4 is 24.4 Å². The minimum atomic E-state index is -0.420. The molecule has 0 radical (unpaired) electrons. The van der Waals surface area contributed by atoms with Gasteiger partial charge in [0.2, 0.25) is 0 Å². The van der Waals surface area contributed by atoms with Gasteiger partial charge in [-0.15, -0.1) is 12.6 Å². The number of hydrogen-bond donors (Lipinski definition) is 2. The predicted octanol–water partition coefficient (Wildman–Crippen LogP) is 4.01. The van der Waals surface area contributed by atoms with Crippen molar-refractivity contribution in [3.8, 4) is 0 Å². The van der Waals surface area contributed by atoms with Gasteiger partial charge in [-0.25, -0.2) is 4.79 Å². The van der Waals surface area contributed by atoms with Gasteiger partial charge in [0, 0.05) is 29.1 Å². The molecule has 1 aliphatic heterocycles. The van der Waals surface area contributed by atoms with Gasteiger partial charge in [0.25, 0.3) is 0 Å². The largest absolute Gasteiger partial charge is 0.444 e. The summed E-state index contributed by atoms with van der Waals surface area (Å²) in [5.41, 5.74) is 2.16. The fraction of sp³-hybridized carbons (Fsp3) is 0.579. The molecule has 0 aromatic heterocycles. The monoisotopic (exact) mass is 363 g/mol. The molecule has 1 saturated heterocycles. The molecule has 1 amide bonds. The van der Waals surface area contributed by atoms with Crippen molar-refractivity contribution in [3.63, 3.8) is 0 Å². The number of carbonyl (C=O) groups is 1. The van der Waals surface area contributed by atoms with Crippen LogP contribution in [0, 0.1) is 12.3 Å². The summed E-state index contributed by atoms with van der Waals surface area (Å²) in [7, 11) is 0. The van der Waals surface area contributed by atoms with Crippen LogP contribution in [0.5, 0.6) is 0 Å². The Kier molecular flexibility index (Phi) is 6.03. The highest BCUT2D eigenvalue weighted by atomic mass is 32.1. The second kappa shape index (κ2) is 7.68. The van der Waals surface area contributed by atoms with E-state index in [0.717, 1.165) is 43.0 Å². The van der Waals surface area contributed by atoms with E-state index in [9.17, 15) is 4.79 Å². The minimum Gasteiger partial charge on any atom is -0.444 e. The Morgan fingerprint density at radius 3 is 2.36 bits per heavy atom. The van der Waals surface area contributed by atoms with Crippen LogP contribution in [-0.4, -0.2) is 35.4 Å². The molecule has 0 bridgehead atoms. The van der Waals surface area contributed by atoms with Crippen LogP contribution in [0.15, 0.2) is 34.3 Å². The Labute approximate surface area is 156 Å². The molecular weight excluding hydrogens is 334 g/mol. The van der Waals surface area contributed by atoms with Gasteiger partial charge in [-0.2, -0.15) is 5.10 Å². The number of benzene rings is 1. The van der Waals surface area contributed by atoms with Gasteiger partial charge in [-0.05, 0) is 59.1 Å². The minimum absolute atomic E-state index is 0.201. The third-order valence-electron chi connectivity index (χ3n) is 4.46. The second-order valence-corrected chi connectivity index (χ2v) is 8.55. The second-order valence-electron chi connectivity index (χ2n) is 8.04. The molecule has 2 aliphatic rings. The first-order chi connectivity index (χ1) is 11.6. The van der Waals surface area contributed by atoms with Crippen LogP contribution in [0.1, 0.15) is 45.6 Å². The number of amides is 1. The zero-order valence-electron chi connectivity index (χ0n) is 15.6. The molecule has 138 valence electrons. The molecule has 1 saturated carbocycles. The van der Waals surface area contributed by atoms with E-state index >= 15 is 0 Å². The lowest BCUT2D eigenvalue weighted by atomic mass is 9.67. The van der Waals surface area contributed by atoms with Gasteiger partial charge < -0.3 is 15.5 Å². The summed E-state index contributed by atoms with van der Waals surface area (Å²) >= 11 is 4.13. The molecule has 2 fully saturated rings. The summed E-state index contributed by atoms with van der Waals surface area (Å²) in [4.78, 5) is 14.7. The Morgan fingerprint density at radius 2 is 1.88 bits per heavy atom. The molecule has 1 aromatic rings. The van der Waals surface area contributed by atoms with Crippen molar-refractivity contribution in [1.29, 1.82) is 0 Å². The van der Waals surface area contributed by atoms with Gasteiger partial charge in [-0.3, -0.25) is 0 Å². The maximum atomic E-state index is 11.9. The number of nitrogens with two attached hydrogens (primary N) is 1. The summed E-state index contributed by atoms with van der Waals surface area (Å²) in [6, 6.07) is 8.06. The topological polar surface area (TPSA) is 67.9 Å². The molecule has 1 aliphatic carbocycles. The van der Waals surface area contributed by atoms with Crippen molar-refractivity contribution < 1.29 is 9.53 Å². The predicted molar refractivity (Wildman–Crippen MR) is 104 cm³/mol. The van der Waals surface area contributed by atoms with E-state index in [1.165, 1.54) is 5.56 Å². The lowest BCUT2D eigenvalue weighted by Gasteiger charge is -2.38. The highest BCUT2D eigenvalue weighted by molar-refractivity contribution is 7.80. The van der Waals surface area contributed by atoms with Crippen LogP contribution in [0.25, 0.3) is 0 Å². The lowest BCUT2D eigenvalue weighted by molar-refractivity contribution is 0.0269. The SMILES string of the molecule is CC(C)(C)OC(=O)N1CCC2(CC(=NN)C2)C1.Cc1ccc(S)cc1. The fourth-order valence-corrected chi connectivity index (χ4v) is 3.31. The quantitative estimate of drug-likeness (QED) is 0.416. The van der Waals surface area contributed by atoms with E-state index in [1.54, 1.807) is 4.90 Å². The molecule has 1 heterocycles. The van der Waals surface area contributed by atoms with Crippen molar-refractivity contribution in [2.24, 2.45) is 16.4 Å². The number of thiol groups is 1. The van der Waals surface area contributed by atoms with Gasteiger partial charge in [0.05, 0.1) is 0 Å². The highest BCUT2D eigenvalue weighted by Gasteiger charge is 2.48. The van der Waals surface area contributed by atoms with Crippen molar-refractivity contribution in [1.82, 2.24) is 4.90 Å². The average molecular weight is 364 g/mol. The first-order valence-electron chi connectivity index (χ1n) is 8.62. The Balaban J connectivity index is 0.000000236. The number of aryl methyl sites for hydroxylation is 1. The average Bonchev–Trinajstić information content (AvgIpc) is 2.93. The molecule has 5 nitrogen and oxygen atoms in total. The zero-order valence-corrected chi connectivity index (χ0v) is 16.5. The maximum Gasteiger partial charge on any atom is 0.410 e. The zero-order chi connectivity index (χ0) is 18.7. The van der Waals surface area contributed by atoms with Gasteiger partial charge in [0.1, 0.15) is 5.60 Å².